The van der Waals surface area contributed by atoms with Crippen molar-refractivity contribution in [2.75, 3.05) is 46.5 Å². The molecule has 0 unspecified atom stereocenters. The molecular formula is C32H33ClF3N3O3. The molecule has 6 nitrogen and oxygen atoms in total. The van der Waals surface area contributed by atoms with E-state index in [4.69, 9.17) is 21.1 Å². The van der Waals surface area contributed by atoms with Crippen LogP contribution < -0.4 is 10.1 Å². The molecule has 1 amide bonds. The minimum absolute atomic E-state index is 0.0153. The van der Waals surface area contributed by atoms with Crippen molar-refractivity contribution in [2.24, 2.45) is 0 Å². The summed E-state index contributed by atoms with van der Waals surface area (Å²) in [6.07, 6.45) is -2.69. The van der Waals surface area contributed by atoms with E-state index in [1.54, 1.807) is 13.2 Å². The van der Waals surface area contributed by atoms with Gasteiger partial charge in [0.05, 0.1) is 30.9 Å². The third-order valence-electron chi connectivity index (χ3n) is 7.65. The van der Waals surface area contributed by atoms with Crippen LogP contribution in [0.4, 0.5) is 13.2 Å². The second-order valence-electron chi connectivity index (χ2n) is 10.4. The second-order valence-corrected chi connectivity index (χ2v) is 10.8. The Morgan fingerprint density at radius 3 is 2.52 bits per heavy atom. The van der Waals surface area contributed by atoms with Gasteiger partial charge in [-0.15, -0.1) is 0 Å². The van der Waals surface area contributed by atoms with Gasteiger partial charge >= 0.3 is 6.18 Å². The van der Waals surface area contributed by atoms with Crippen molar-refractivity contribution in [1.82, 2.24) is 14.8 Å². The number of fused-ring (bicyclic) bond motifs is 1. The van der Waals surface area contributed by atoms with Crippen LogP contribution in [0.2, 0.25) is 5.02 Å². The highest BCUT2D eigenvalue weighted by Gasteiger charge is 2.34. The first-order valence-corrected chi connectivity index (χ1v) is 14.2. The Balaban J connectivity index is 1.48. The predicted octanol–water partition coefficient (Wildman–Crippen LogP) is 6.34. The minimum Gasteiger partial charge on any atom is -0.497 e. The normalized spacial score (nSPS) is 15.1. The molecule has 1 aliphatic heterocycles. The number of methoxy groups -OCH3 is 1. The number of carbonyl (C=O) groups excluding carboxylic acids is 1. The van der Waals surface area contributed by atoms with Gasteiger partial charge in [-0.25, -0.2) is 0 Å². The van der Waals surface area contributed by atoms with Crippen molar-refractivity contribution in [3.63, 3.8) is 0 Å². The van der Waals surface area contributed by atoms with Gasteiger partial charge in [-0.05, 0) is 47.0 Å². The number of aromatic nitrogens is 1. The first kappa shape index (κ1) is 29.9. The molecule has 1 atom stereocenters. The van der Waals surface area contributed by atoms with Crippen LogP contribution in [-0.2, 0) is 22.3 Å². The summed E-state index contributed by atoms with van der Waals surface area (Å²) in [7, 11) is 1.61. The van der Waals surface area contributed by atoms with Crippen LogP contribution in [0, 0.1) is 0 Å². The number of amides is 1. The zero-order valence-corrected chi connectivity index (χ0v) is 24.0. The lowest BCUT2D eigenvalue weighted by molar-refractivity contribution is -0.137. The second kappa shape index (κ2) is 13.2. The average Bonchev–Trinajstić information content (AvgIpc) is 3.34. The number of carbonyl (C=O) groups is 1. The maximum absolute atomic E-state index is 13.9. The fourth-order valence-corrected chi connectivity index (χ4v) is 5.66. The summed E-state index contributed by atoms with van der Waals surface area (Å²) in [4.78, 5) is 15.5. The lowest BCUT2D eigenvalue weighted by Gasteiger charge is -2.26. The van der Waals surface area contributed by atoms with Crippen molar-refractivity contribution < 1.29 is 27.4 Å². The Labute approximate surface area is 248 Å². The van der Waals surface area contributed by atoms with Gasteiger partial charge in [0.25, 0.3) is 0 Å². The number of nitrogens with one attached hydrogen (secondary N) is 1. The van der Waals surface area contributed by atoms with Crippen LogP contribution in [0.5, 0.6) is 5.75 Å². The molecule has 0 bridgehead atoms. The molecular weight excluding hydrogens is 567 g/mol. The van der Waals surface area contributed by atoms with E-state index in [-0.39, 0.29) is 17.4 Å². The number of halogens is 4. The first-order valence-electron chi connectivity index (χ1n) is 13.9. The Morgan fingerprint density at radius 2 is 1.81 bits per heavy atom. The van der Waals surface area contributed by atoms with Crippen molar-refractivity contribution in [1.29, 1.82) is 0 Å². The standard InChI is InChI=1S/C32H33ClF3N3O3/c1-41-24-9-6-22(7-10-24)20-39-21-27(25-4-2-3-5-30(25)39)26(23-8-11-29(33)28(18-23)32(34,35)36)19-31(40)37-12-13-38-14-16-42-17-15-38/h2-11,18,21,26H,12-17,19-20H2,1H3,(H,37,40)/t26-/m0/s1. The Hall–Kier alpha value is -3.53. The number of benzene rings is 3. The number of para-hydroxylation sites is 1. The first-order chi connectivity index (χ1) is 20.2. The van der Waals surface area contributed by atoms with E-state index >= 15 is 0 Å². The smallest absolute Gasteiger partial charge is 0.417 e. The van der Waals surface area contributed by atoms with Gasteiger partial charge in [0.2, 0.25) is 5.91 Å². The summed E-state index contributed by atoms with van der Waals surface area (Å²) < 4.78 is 54.3. The molecule has 1 aromatic heterocycles. The van der Waals surface area contributed by atoms with Crippen LogP contribution in [0.25, 0.3) is 10.9 Å². The SMILES string of the molecule is COc1ccc(Cn2cc([C@@H](CC(=O)NCCN3CCOCC3)c3ccc(Cl)c(C(F)(F)F)c3)c3ccccc32)cc1. The highest BCUT2D eigenvalue weighted by atomic mass is 35.5. The molecule has 5 rings (SSSR count). The lowest BCUT2D eigenvalue weighted by atomic mass is 9.87. The third-order valence-corrected chi connectivity index (χ3v) is 7.98. The number of alkyl halides is 3. The van der Waals surface area contributed by atoms with Gasteiger partial charge in [-0.1, -0.05) is 48.0 Å². The Kier molecular flexibility index (Phi) is 9.40. The van der Waals surface area contributed by atoms with Gasteiger partial charge in [0.1, 0.15) is 5.75 Å². The zero-order chi connectivity index (χ0) is 29.7. The van der Waals surface area contributed by atoms with Crippen LogP contribution in [-0.4, -0.2) is 61.9 Å². The highest BCUT2D eigenvalue weighted by Crippen LogP contribution is 2.40. The number of hydrogen-bond acceptors (Lipinski definition) is 4. The van der Waals surface area contributed by atoms with Crippen molar-refractivity contribution in [3.05, 3.63) is 100 Å². The molecule has 1 aliphatic rings. The monoisotopic (exact) mass is 599 g/mol. The topological polar surface area (TPSA) is 55.7 Å². The summed E-state index contributed by atoms with van der Waals surface area (Å²) in [6, 6.07) is 19.4. The van der Waals surface area contributed by atoms with E-state index in [9.17, 15) is 18.0 Å². The summed E-state index contributed by atoms with van der Waals surface area (Å²) >= 11 is 5.96. The summed E-state index contributed by atoms with van der Waals surface area (Å²) in [6.45, 7) is 4.59. The number of rotatable bonds is 10. The molecule has 2 heterocycles. The molecule has 0 saturated carbocycles. The van der Waals surface area contributed by atoms with E-state index in [0.717, 1.165) is 46.9 Å². The summed E-state index contributed by atoms with van der Waals surface area (Å²) in [5.41, 5.74) is 2.19. The molecule has 42 heavy (non-hydrogen) atoms. The molecule has 3 aromatic carbocycles. The van der Waals surface area contributed by atoms with E-state index < -0.39 is 17.7 Å². The van der Waals surface area contributed by atoms with Gasteiger partial charge in [-0.3, -0.25) is 9.69 Å². The summed E-state index contributed by atoms with van der Waals surface area (Å²) in [5, 5.41) is 3.48. The van der Waals surface area contributed by atoms with Gasteiger partial charge in [0.15, 0.2) is 0 Å². The average molecular weight is 600 g/mol. The molecule has 0 aliphatic carbocycles. The quantitative estimate of drug-likeness (QED) is 0.231. The Bertz CT molecular complexity index is 1520. The minimum atomic E-state index is -4.62. The molecule has 1 N–H and O–H groups in total. The lowest BCUT2D eigenvalue weighted by Crippen LogP contribution is -2.41. The van der Waals surface area contributed by atoms with Crippen LogP contribution >= 0.6 is 11.6 Å². The highest BCUT2D eigenvalue weighted by molar-refractivity contribution is 6.31. The van der Waals surface area contributed by atoms with E-state index in [1.807, 2.05) is 54.7 Å². The van der Waals surface area contributed by atoms with Gasteiger partial charge in [-0.2, -0.15) is 13.2 Å². The largest absolute Gasteiger partial charge is 0.497 e. The van der Waals surface area contributed by atoms with Crippen LogP contribution in [0.3, 0.4) is 0 Å². The van der Waals surface area contributed by atoms with Crippen LogP contribution in [0.1, 0.15) is 34.6 Å². The van der Waals surface area contributed by atoms with Crippen molar-refractivity contribution >= 4 is 28.4 Å². The fraction of sp³-hybridized carbons (Fsp3) is 0.344. The maximum Gasteiger partial charge on any atom is 0.417 e. The number of hydrogen-bond donors (Lipinski definition) is 1. The van der Waals surface area contributed by atoms with E-state index in [2.05, 4.69) is 14.8 Å². The Morgan fingerprint density at radius 1 is 1.07 bits per heavy atom. The van der Waals surface area contributed by atoms with Gasteiger partial charge in [0, 0.05) is 62.2 Å². The predicted molar refractivity (Wildman–Crippen MR) is 157 cm³/mol. The van der Waals surface area contributed by atoms with Crippen LogP contribution in [0.15, 0.2) is 72.9 Å². The number of nitrogens with zero attached hydrogens (tertiary/aromatic N) is 2. The fourth-order valence-electron chi connectivity index (χ4n) is 5.43. The molecule has 222 valence electrons. The van der Waals surface area contributed by atoms with Crippen molar-refractivity contribution in [2.45, 2.75) is 25.1 Å². The molecule has 0 radical (unpaired) electrons. The third kappa shape index (κ3) is 7.09. The summed E-state index contributed by atoms with van der Waals surface area (Å²) in [5.74, 6) is -0.114. The maximum atomic E-state index is 13.9. The number of morpholine rings is 1. The molecule has 1 fully saturated rings. The van der Waals surface area contributed by atoms with Crippen molar-refractivity contribution in [3.8, 4) is 5.75 Å². The van der Waals surface area contributed by atoms with E-state index in [0.29, 0.717) is 38.4 Å². The molecule has 1 saturated heterocycles. The molecule has 4 aromatic rings. The van der Waals surface area contributed by atoms with Gasteiger partial charge < -0.3 is 19.4 Å². The molecule has 0 spiro atoms. The zero-order valence-electron chi connectivity index (χ0n) is 23.3. The number of ether oxygens (including phenoxy) is 2. The van der Waals surface area contributed by atoms with E-state index in [1.165, 1.54) is 6.07 Å². The molecule has 10 heteroatoms.